The standard InChI is InChI=1S/C15H23N3O2/c1-10-5-12(15(16)17-20)3-4-13(10)9-18(2)8-11-6-14(19)7-11/h3-5,11,14,19-20H,6-9H2,1-2H3,(H2,16,17). The highest BCUT2D eigenvalue weighted by Crippen LogP contribution is 2.28. The summed E-state index contributed by atoms with van der Waals surface area (Å²) in [6.45, 7) is 3.91. The summed E-state index contributed by atoms with van der Waals surface area (Å²) in [5.74, 6) is 0.753. The molecule has 1 fully saturated rings. The van der Waals surface area contributed by atoms with Gasteiger partial charge in [0.1, 0.15) is 0 Å². The second-order valence-electron chi connectivity index (χ2n) is 5.81. The van der Waals surface area contributed by atoms with Gasteiger partial charge < -0.3 is 20.9 Å². The Morgan fingerprint density at radius 1 is 1.45 bits per heavy atom. The number of oxime groups is 1. The van der Waals surface area contributed by atoms with Crippen molar-refractivity contribution in [1.29, 1.82) is 0 Å². The van der Waals surface area contributed by atoms with Gasteiger partial charge in [-0.2, -0.15) is 0 Å². The third kappa shape index (κ3) is 3.49. The lowest BCUT2D eigenvalue weighted by molar-refractivity contribution is 0.0273. The lowest BCUT2D eigenvalue weighted by atomic mass is 9.82. The zero-order valence-electron chi connectivity index (χ0n) is 12.1. The van der Waals surface area contributed by atoms with Crippen molar-refractivity contribution in [3.63, 3.8) is 0 Å². The first-order valence-corrected chi connectivity index (χ1v) is 6.93. The van der Waals surface area contributed by atoms with Crippen LogP contribution in [0, 0.1) is 12.8 Å². The van der Waals surface area contributed by atoms with Crippen molar-refractivity contribution in [2.45, 2.75) is 32.4 Å². The van der Waals surface area contributed by atoms with Gasteiger partial charge in [-0.15, -0.1) is 0 Å². The molecule has 4 N–H and O–H groups in total. The summed E-state index contributed by atoms with van der Waals surface area (Å²) in [6.07, 6.45) is 1.76. The van der Waals surface area contributed by atoms with Crippen LogP contribution < -0.4 is 5.73 Å². The zero-order valence-corrected chi connectivity index (χ0v) is 12.1. The van der Waals surface area contributed by atoms with E-state index in [2.05, 4.69) is 17.1 Å². The van der Waals surface area contributed by atoms with Crippen LogP contribution in [0.4, 0.5) is 0 Å². The van der Waals surface area contributed by atoms with Crippen molar-refractivity contribution in [3.05, 3.63) is 34.9 Å². The number of hydrogen-bond donors (Lipinski definition) is 3. The minimum Gasteiger partial charge on any atom is -0.409 e. The maximum Gasteiger partial charge on any atom is 0.170 e. The molecular formula is C15H23N3O2. The number of nitrogens with zero attached hydrogens (tertiary/aromatic N) is 2. The van der Waals surface area contributed by atoms with E-state index in [0.717, 1.165) is 37.1 Å². The third-order valence-electron chi connectivity index (χ3n) is 3.97. The fraction of sp³-hybridized carbons (Fsp3) is 0.533. The highest BCUT2D eigenvalue weighted by atomic mass is 16.4. The molecule has 0 saturated heterocycles. The third-order valence-corrected chi connectivity index (χ3v) is 3.97. The van der Waals surface area contributed by atoms with Gasteiger partial charge in [0, 0.05) is 18.7 Å². The van der Waals surface area contributed by atoms with Crippen LogP contribution >= 0.6 is 0 Å². The fourth-order valence-corrected chi connectivity index (χ4v) is 2.74. The predicted octanol–water partition coefficient (Wildman–Crippen LogP) is 1.29. The molecule has 0 aromatic heterocycles. The summed E-state index contributed by atoms with van der Waals surface area (Å²) < 4.78 is 0. The maximum atomic E-state index is 9.31. The number of aliphatic hydroxyl groups excluding tert-OH is 1. The average molecular weight is 277 g/mol. The van der Waals surface area contributed by atoms with Crippen LogP contribution in [-0.4, -0.2) is 40.7 Å². The first kappa shape index (κ1) is 14.8. The monoisotopic (exact) mass is 277 g/mol. The fourth-order valence-electron chi connectivity index (χ4n) is 2.74. The molecule has 0 radical (unpaired) electrons. The lowest BCUT2D eigenvalue weighted by Crippen LogP contribution is -2.36. The van der Waals surface area contributed by atoms with Crippen LogP contribution in [-0.2, 0) is 6.54 Å². The molecule has 1 aliphatic rings. The molecule has 1 saturated carbocycles. The van der Waals surface area contributed by atoms with E-state index in [0.29, 0.717) is 5.92 Å². The van der Waals surface area contributed by atoms with E-state index < -0.39 is 0 Å². The second-order valence-corrected chi connectivity index (χ2v) is 5.81. The van der Waals surface area contributed by atoms with Crippen molar-refractivity contribution in [1.82, 2.24) is 4.90 Å². The molecule has 5 nitrogen and oxygen atoms in total. The van der Waals surface area contributed by atoms with E-state index in [-0.39, 0.29) is 11.9 Å². The zero-order chi connectivity index (χ0) is 14.7. The molecule has 0 aliphatic heterocycles. The first-order valence-electron chi connectivity index (χ1n) is 6.93. The largest absolute Gasteiger partial charge is 0.409 e. The summed E-state index contributed by atoms with van der Waals surface area (Å²) in [6, 6.07) is 5.83. The molecule has 0 spiro atoms. The van der Waals surface area contributed by atoms with Gasteiger partial charge in [0.05, 0.1) is 6.10 Å². The van der Waals surface area contributed by atoms with E-state index >= 15 is 0 Å². The molecule has 2 rings (SSSR count). The molecule has 110 valence electrons. The minimum absolute atomic E-state index is 0.0878. The molecule has 0 bridgehead atoms. The van der Waals surface area contributed by atoms with Crippen LogP contribution in [0.5, 0.6) is 0 Å². The number of aliphatic hydroxyl groups is 1. The van der Waals surface area contributed by atoms with Gasteiger partial charge >= 0.3 is 0 Å². The Hall–Kier alpha value is -1.59. The molecule has 1 aromatic carbocycles. The van der Waals surface area contributed by atoms with Crippen molar-refractivity contribution >= 4 is 5.84 Å². The molecule has 1 aliphatic carbocycles. The number of aryl methyl sites for hydroxylation is 1. The van der Waals surface area contributed by atoms with Gasteiger partial charge in [-0.25, -0.2) is 0 Å². The summed E-state index contributed by atoms with van der Waals surface area (Å²) in [4.78, 5) is 2.28. The molecular weight excluding hydrogens is 254 g/mol. The number of nitrogens with two attached hydrogens (primary N) is 1. The summed E-state index contributed by atoms with van der Waals surface area (Å²) in [5, 5.41) is 21.0. The van der Waals surface area contributed by atoms with Crippen molar-refractivity contribution in [2.24, 2.45) is 16.8 Å². The Labute approximate surface area is 119 Å². The molecule has 0 heterocycles. The number of hydrogen-bond acceptors (Lipinski definition) is 4. The Bertz CT molecular complexity index is 496. The van der Waals surface area contributed by atoms with E-state index in [4.69, 9.17) is 10.9 Å². The highest BCUT2D eigenvalue weighted by molar-refractivity contribution is 5.97. The summed E-state index contributed by atoms with van der Waals surface area (Å²) >= 11 is 0. The average Bonchev–Trinajstić information content (AvgIpc) is 2.38. The minimum atomic E-state index is -0.0878. The quantitative estimate of drug-likeness (QED) is 0.328. The Morgan fingerprint density at radius 3 is 2.70 bits per heavy atom. The normalized spacial score (nSPS) is 22.9. The number of rotatable bonds is 5. The van der Waals surface area contributed by atoms with E-state index in [1.165, 1.54) is 5.56 Å². The van der Waals surface area contributed by atoms with Crippen molar-refractivity contribution < 1.29 is 10.3 Å². The molecule has 0 amide bonds. The number of benzene rings is 1. The smallest absolute Gasteiger partial charge is 0.170 e. The van der Waals surface area contributed by atoms with Gasteiger partial charge in [0.15, 0.2) is 5.84 Å². The number of amidine groups is 1. The van der Waals surface area contributed by atoms with Gasteiger partial charge in [-0.1, -0.05) is 17.3 Å². The van der Waals surface area contributed by atoms with Crippen LogP contribution in [0.15, 0.2) is 23.4 Å². The first-order chi connectivity index (χ1) is 9.49. The van der Waals surface area contributed by atoms with Crippen LogP contribution in [0.2, 0.25) is 0 Å². The van der Waals surface area contributed by atoms with Crippen molar-refractivity contribution in [2.75, 3.05) is 13.6 Å². The molecule has 5 heteroatoms. The van der Waals surface area contributed by atoms with Crippen LogP contribution in [0.1, 0.15) is 29.5 Å². The molecule has 0 unspecified atom stereocenters. The Morgan fingerprint density at radius 2 is 2.15 bits per heavy atom. The van der Waals surface area contributed by atoms with Gasteiger partial charge in [0.25, 0.3) is 0 Å². The van der Waals surface area contributed by atoms with E-state index in [9.17, 15) is 5.11 Å². The molecule has 1 aromatic rings. The van der Waals surface area contributed by atoms with E-state index in [1.807, 2.05) is 25.1 Å². The predicted molar refractivity (Wildman–Crippen MR) is 78.8 cm³/mol. The van der Waals surface area contributed by atoms with Gasteiger partial charge in [0.2, 0.25) is 0 Å². The van der Waals surface area contributed by atoms with Gasteiger partial charge in [-0.05, 0) is 49.9 Å². The highest BCUT2D eigenvalue weighted by Gasteiger charge is 2.27. The summed E-state index contributed by atoms with van der Waals surface area (Å²) in [5.41, 5.74) is 8.69. The Kier molecular flexibility index (Phi) is 4.62. The van der Waals surface area contributed by atoms with Crippen LogP contribution in [0.3, 0.4) is 0 Å². The van der Waals surface area contributed by atoms with E-state index in [1.54, 1.807) is 0 Å². The summed E-state index contributed by atoms with van der Waals surface area (Å²) in [7, 11) is 2.10. The van der Waals surface area contributed by atoms with Crippen molar-refractivity contribution in [3.8, 4) is 0 Å². The Balaban J connectivity index is 1.95. The molecule has 20 heavy (non-hydrogen) atoms. The topological polar surface area (TPSA) is 82.1 Å². The lowest BCUT2D eigenvalue weighted by Gasteiger charge is -2.34. The molecule has 0 atom stereocenters. The van der Waals surface area contributed by atoms with Crippen LogP contribution in [0.25, 0.3) is 0 Å². The maximum absolute atomic E-state index is 9.31. The van der Waals surface area contributed by atoms with Gasteiger partial charge in [-0.3, -0.25) is 0 Å². The second kappa shape index (κ2) is 6.24. The SMILES string of the molecule is Cc1cc(/C(N)=N/O)ccc1CN(C)CC1CC(O)C1.